The van der Waals surface area contributed by atoms with E-state index in [1.807, 2.05) is 0 Å². The Kier molecular flexibility index (Phi) is 45.5. The van der Waals surface area contributed by atoms with Gasteiger partial charge in [-0.15, -0.1) is 0 Å². The molecule has 0 aliphatic carbocycles. The maximum Gasteiger partial charge on any atom is 0.373 e. The minimum atomic E-state index is -0.441. The van der Waals surface area contributed by atoms with Crippen LogP contribution in [0.25, 0.3) is 0 Å². The molecule has 6 nitrogen and oxygen atoms in total. The maximum atomic E-state index is 9.63. The summed E-state index contributed by atoms with van der Waals surface area (Å²) in [5, 5.41) is 25.6. The highest BCUT2D eigenvalue weighted by atomic mass is 16.2. The highest BCUT2D eigenvalue weighted by Gasteiger charge is 2.11. The summed E-state index contributed by atoms with van der Waals surface area (Å²) in [5.41, 5.74) is 0. The van der Waals surface area contributed by atoms with Crippen molar-refractivity contribution in [3.63, 3.8) is 0 Å². The molecule has 0 amide bonds. The first kappa shape index (κ1) is 53.9. The lowest BCUT2D eigenvalue weighted by molar-refractivity contribution is 0.195. The molecule has 0 rings (SSSR count). The fourth-order valence-electron chi connectivity index (χ4n) is 7.95. The van der Waals surface area contributed by atoms with Gasteiger partial charge >= 0.3 is 14.1 Å². The van der Waals surface area contributed by atoms with Crippen molar-refractivity contribution in [3.8, 4) is 0 Å². The second-order valence-corrected chi connectivity index (χ2v) is 17.3. The maximum absolute atomic E-state index is 9.63. The Morgan fingerprint density at radius 1 is 0.296 bits per heavy atom. The molecule has 0 unspecified atom stereocenters. The second kappa shape index (κ2) is 45.6. The molecule has 0 heterocycles. The lowest BCUT2D eigenvalue weighted by Gasteiger charge is -2.28. The number of hydrogen-bond acceptors (Lipinski definition) is 6. The Labute approximate surface area is 341 Å². The van der Waals surface area contributed by atoms with E-state index in [0.717, 1.165) is 52.1 Å². The van der Waals surface area contributed by atoms with Gasteiger partial charge in [-0.25, -0.2) is 0 Å². The monoisotopic (exact) mass is 763 g/mol. The predicted octanol–water partition coefficient (Wildman–Crippen LogP) is 12.3. The van der Waals surface area contributed by atoms with Crippen LogP contribution < -0.4 is 10.5 Å². The summed E-state index contributed by atoms with van der Waals surface area (Å²) in [6.45, 7) is 16.8. The summed E-state index contributed by atoms with van der Waals surface area (Å²) >= 11 is 0. The highest BCUT2D eigenvalue weighted by molar-refractivity contribution is 6.45. The molecule has 0 fully saturated rings. The minimum absolute atomic E-state index is 0.441. The first-order valence-corrected chi connectivity index (χ1v) is 24.8. The summed E-state index contributed by atoms with van der Waals surface area (Å²) in [5.74, 6) is 0. The van der Waals surface area contributed by atoms with E-state index in [0.29, 0.717) is 0 Å². The van der Waals surface area contributed by atoms with Crippen molar-refractivity contribution < 1.29 is 10.0 Å². The largest absolute Gasteiger partial charge is 0.437 e. The van der Waals surface area contributed by atoms with Crippen LogP contribution >= 0.6 is 0 Å². The molecule has 0 radical (unpaired) electrons. The molecule has 0 aliphatic rings. The van der Waals surface area contributed by atoms with E-state index >= 15 is 0 Å². The summed E-state index contributed by atoms with van der Waals surface area (Å²) in [6, 6.07) is 0. The SMILES string of the molecule is CCCCCCCCCCCCCCCCCCN(CCCCCCCCCCCCCCCCCC)CCN(CCCNB(C)O)CCCNB(C)O. The lowest BCUT2D eigenvalue weighted by Crippen LogP contribution is -2.40. The van der Waals surface area contributed by atoms with Gasteiger partial charge in [0.25, 0.3) is 0 Å². The van der Waals surface area contributed by atoms with Crippen molar-refractivity contribution in [2.75, 3.05) is 52.4 Å². The van der Waals surface area contributed by atoms with Crippen molar-refractivity contribution in [1.82, 2.24) is 20.3 Å². The fraction of sp³-hybridized carbons (Fsp3) is 1.00. The number of hydrogen-bond donors (Lipinski definition) is 4. The Morgan fingerprint density at radius 3 is 0.722 bits per heavy atom. The quantitative estimate of drug-likeness (QED) is 0.0366. The van der Waals surface area contributed by atoms with E-state index in [4.69, 9.17) is 0 Å². The van der Waals surface area contributed by atoms with Gasteiger partial charge in [0.05, 0.1) is 0 Å². The lowest BCUT2D eigenvalue weighted by atomic mass is 9.89. The van der Waals surface area contributed by atoms with Gasteiger partial charge in [-0.3, -0.25) is 0 Å². The van der Waals surface area contributed by atoms with E-state index in [2.05, 4.69) is 34.1 Å². The van der Waals surface area contributed by atoms with E-state index in [9.17, 15) is 10.0 Å². The minimum Gasteiger partial charge on any atom is -0.437 e. The number of nitrogens with zero attached hydrogens (tertiary/aromatic N) is 2. The molecule has 0 aromatic heterocycles. The second-order valence-electron chi connectivity index (χ2n) is 17.3. The normalized spacial score (nSPS) is 11.8. The highest BCUT2D eigenvalue weighted by Crippen LogP contribution is 2.16. The smallest absolute Gasteiger partial charge is 0.373 e. The van der Waals surface area contributed by atoms with Gasteiger partial charge in [-0.05, 0) is 78.6 Å². The average Bonchev–Trinajstić information content (AvgIpc) is 3.15. The third-order valence-electron chi connectivity index (χ3n) is 11.6. The van der Waals surface area contributed by atoms with Crippen molar-refractivity contribution in [1.29, 1.82) is 0 Å². The summed E-state index contributed by atoms with van der Waals surface area (Å²) in [7, 11) is -0.882. The van der Waals surface area contributed by atoms with Crippen LogP contribution in [-0.2, 0) is 0 Å². The van der Waals surface area contributed by atoms with Gasteiger partial charge < -0.3 is 30.3 Å². The molecule has 4 N–H and O–H groups in total. The summed E-state index contributed by atoms with van der Waals surface area (Å²) < 4.78 is 0. The van der Waals surface area contributed by atoms with Crippen LogP contribution in [0.3, 0.4) is 0 Å². The average molecular weight is 763 g/mol. The standard InChI is InChI=1S/C46H100B2N4O2/c1-5-7-9-11-13-15-17-19-21-23-25-27-29-31-33-35-41-51(45-46-52(43-37-39-49-47(3)53)44-38-40-50-48(4)54)42-36-34-32-30-28-26-24-22-20-18-16-14-12-10-8-6-2/h49-50,53-54H,5-46H2,1-4H3. The molecular weight excluding hydrogens is 662 g/mol. The van der Waals surface area contributed by atoms with Crippen molar-refractivity contribution in [3.05, 3.63) is 0 Å². The zero-order valence-corrected chi connectivity index (χ0v) is 37.6. The Morgan fingerprint density at radius 2 is 0.500 bits per heavy atom. The van der Waals surface area contributed by atoms with E-state index < -0.39 is 14.1 Å². The van der Waals surface area contributed by atoms with Crippen molar-refractivity contribution >= 4 is 14.1 Å². The van der Waals surface area contributed by atoms with Gasteiger partial charge in [0.1, 0.15) is 0 Å². The molecule has 0 saturated carbocycles. The molecule has 0 aliphatic heterocycles. The molecular formula is C46H100B2N4O2. The first-order valence-electron chi connectivity index (χ1n) is 24.8. The topological polar surface area (TPSA) is 71.0 Å². The van der Waals surface area contributed by atoms with E-state index in [-0.39, 0.29) is 0 Å². The van der Waals surface area contributed by atoms with E-state index in [1.165, 1.54) is 219 Å². The Balaban J connectivity index is 4.38. The molecule has 0 saturated heterocycles. The van der Waals surface area contributed by atoms with Crippen LogP contribution in [0, 0.1) is 0 Å². The predicted molar refractivity (Wildman–Crippen MR) is 245 cm³/mol. The molecule has 0 bridgehead atoms. The van der Waals surface area contributed by atoms with Gasteiger partial charge in [0.15, 0.2) is 0 Å². The third-order valence-corrected chi connectivity index (χ3v) is 11.6. The molecule has 0 spiro atoms. The molecule has 0 aromatic carbocycles. The van der Waals surface area contributed by atoms with Crippen LogP contribution in [0.5, 0.6) is 0 Å². The molecule has 54 heavy (non-hydrogen) atoms. The van der Waals surface area contributed by atoms with Gasteiger partial charge in [0.2, 0.25) is 0 Å². The first-order chi connectivity index (χ1) is 26.5. The van der Waals surface area contributed by atoms with Gasteiger partial charge in [0, 0.05) is 13.1 Å². The van der Waals surface area contributed by atoms with Crippen LogP contribution in [0.15, 0.2) is 0 Å². The fourth-order valence-corrected chi connectivity index (χ4v) is 7.95. The summed E-state index contributed by atoms with van der Waals surface area (Å²) in [6.07, 6.45) is 47.8. The van der Waals surface area contributed by atoms with Crippen LogP contribution in [-0.4, -0.2) is 86.3 Å². The summed E-state index contributed by atoms with van der Waals surface area (Å²) in [4.78, 5) is 5.39. The Hall–Kier alpha value is -0.110. The van der Waals surface area contributed by atoms with Crippen molar-refractivity contribution in [2.45, 2.75) is 246 Å². The van der Waals surface area contributed by atoms with Crippen LogP contribution in [0.2, 0.25) is 13.6 Å². The Bertz CT molecular complexity index is 639. The molecule has 0 aromatic rings. The molecule has 322 valence electrons. The number of nitrogens with one attached hydrogen (secondary N) is 2. The molecule has 0 atom stereocenters. The zero-order chi connectivity index (χ0) is 39.4. The van der Waals surface area contributed by atoms with Crippen LogP contribution in [0.1, 0.15) is 232 Å². The van der Waals surface area contributed by atoms with Crippen LogP contribution in [0.4, 0.5) is 0 Å². The zero-order valence-electron chi connectivity index (χ0n) is 37.6. The third kappa shape index (κ3) is 44.6. The van der Waals surface area contributed by atoms with E-state index in [1.54, 1.807) is 13.6 Å². The number of unbranched alkanes of at least 4 members (excludes halogenated alkanes) is 30. The van der Waals surface area contributed by atoms with Crippen molar-refractivity contribution in [2.24, 2.45) is 0 Å². The van der Waals surface area contributed by atoms with Gasteiger partial charge in [-0.2, -0.15) is 0 Å². The number of rotatable bonds is 47. The van der Waals surface area contributed by atoms with Gasteiger partial charge in [-0.1, -0.05) is 206 Å². The molecule has 8 heteroatoms.